The predicted molar refractivity (Wildman–Crippen MR) is 74.4 cm³/mol. The van der Waals surface area contributed by atoms with Gasteiger partial charge in [-0.05, 0) is 44.9 Å². The largest absolute Gasteiger partial charge is 0.326 e. The van der Waals surface area contributed by atoms with Crippen molar-refractivity contribution in [2.24, 2.45) is 5.92 Å². The summed E-state index contributed by atoms with van der Waals surface area (Å²) in [5.74, 6) is 0.0730. The van der Waals surface area contributed by atoms with E-state index in [1.807, 2.05) is 37.4 Å². The van der Waals surface area contributed by atoms with Gasteiger partial charge in [0, 0.05) is 11.6 Å². The van der Waals surface area contributed by atoms with Gasteiger partial charge >= 0.3 is 0 Å². The van der Waals surface area contributed by atoms with Crippen molar-refractivity contribution in [3.05, 3.63) is 30.3 Å². The van der Waals surface area contributed by atoms with Crippen LogP contribution < -0.4 is 10.6 Å². The SMILES string of the molecule is CNC1(C#N)CCC(C(=O)Nc2ccccc2)CC1. The minimum absolute atomic E-state index is 0.00929. The number of nitrogens with zero attached hydrogens (tertiary/aromatic N) is 1. The van der Waals surface area contributed by atoms with Crippen molar-refractivity contribution in [1.82, 2.24) is 5.32 Å². The lowest BCUT2D eigenvalue weighted by atomic mass is 9.77. The predicted octanol–water partition coefficient (Wildman–Crippen LogP) is 2.30. The number of nitrogens with one attached hydrogen (secondary N) is 2. The number of nitriles is 1. The zero-order chi connectivity index (χ0) is 13.7. The Kier molecular flexibility index (Phi) is 4.18. The zero-order valence-corrected chi connectivity index (χ0v) is 11.1. The fourth-order valence-electron chi connectivity index (χ4n) is 2.56. The number of carbonyl (C=O) groups is 1. The molecule has 1 fully saturated rings. The number of anilines is 1. The molecule has 0 bridgehead atoms. The normalized spacial score (nSPS) is 26.4. The molecule has 0 atom stereocenters. The fourth-order valence-corrected chi connectivity index (χ4v) is 2.56. The van der Waals surface area contributed by atoms with Gasteiger partial charge in [-0.2, -0.15) is 5.26 Å². The molecular formula is C15H19N3O. The monoisotopic (exact) mass is 257 g/mol. The average molecular weight is 257 g/mol. The van der Waals surface area contributed by atoms with Crippen LogP contribution in [-0.2, 0) is 4.79 Å². The smallest absolute Gasteiger partial charge is 0.227 e. The lowest BCUT2D eigenvalue weighted by Gasteiger charge is -2.33. The molecule has 0 saturated heterocycles. The summed E-state index contributed by atoms with van der Waals surface area (Å²) < 4.78 is 0. The van der Waals surface area contributed by atoms with E-state index in [4.69, 9.17) is 0 Å². The van der Waals surface area contributed by atoms with Crippen LogP contribution in [0.25, 0.3) is 0 Å². The van der Waals surface area contributed by atoms with Gasteiger partial charge in [-0.3, -0.25) is 4.79 Å². The molecule has 2 rings (SSSR count). The van der Waals surface area contributed by atoms with Crippen LogP contribution in [-0.4, -0.2) is 18.5 Å². The molecule has 100 valence electrons. The fraction of sp³-hybridized carbons (Fsp3) is 0.467. The van der Waals surface area contributed by atoms with Gasteiger partial charge in [0.05, 0.1) is 6.07 Å². The van der Waals surface area contributed by atoms with Crippen LogP contribution in [0.5, 0.6) is 0 Å². The summed E-state index contributed by atoms with van der Waals surface area (Å²) in [6, 6.07) is 11.8. The molecule has 1 aliphatic carbocycles. The highest BCUT2D eigenvalue weighted by atomic mass is 16.1. The molecule has 1 aromatic carbocycles. The van der Waals surface area contributed by atoms with Crippen LogP contribution in [0.4, 0.5) is 5.69 Å². The molecule has 0 aromatic heterocycles. The van der Waals surface area contributed by atoms with Crippen LogP contribution in [0, 0.1) is 17.2 Å². The van der Waals surface area contributed by atoms with E-state index in [0.29, 0.717) is 0 Å². The van der Waals surface area contributed by atoms with E-state index in [2.05, 4.69) is 16.7 Å². The first kappa shape index (κ1) is 13.6. The topological polar surface area (TPSA) is 64.9 Å². The van der Waals surface area contributed by atoms with Crippen LogP contribution in [0.15, 0.2) is 30.3 Å². The molecule has 19 heavy (non-hydrogen) atoms. The maximum atomic E-state index is 12.1. The first-order chi connectivity index (χ1) is 9.19. The summed E-state index contributed by atoms with van der Waals surface area (Å²) in [6.07, 6.45) is 2.97. The van der Waals surface area contributed by atoms with Gasteiger partial charge in [-0.25, -0.2) is 0 Å². The Bertz CT molecular complexity index is 470. The van der Waals surface area contributed by atoms with Gasteiger partial charge in [-0.1, -0.05) is 18.2 Å². The Balaban J connectivity index is 1.92. The average Bonchev–Trinajstić information content (AvgIpc) is 2.48. The van der Waals surface area contributed by atoms with E-state index in [1.54, 1.807) is 0 Å². The number of benzene rings is 1. The lowest BCUT2D eigenvalue weighted by Crippen LogP contribution is -2.46. The Labute approximate surface area is 113 Å². The summed E-state index contributed by atoms with van der Waals surface area (Å²) in [5.41, 5.74) is 0.391. The highest BCUT2D eigenvalue weighted by Gasteiger charge is 2.36. The maximum Gasteiger partial charge on any atom is 0.227 e. The van der Waals surface area contributed by atoms with E-state index in [-0.39, 0.29) is 11.8 Å². The lowest BCUT2D eigenvalue weighted by molar-refractivity contribution is -0.121. The van der Waals surface area contributed by atoms with E-state index in [9.17, 15) is 10.1 Å². The van der Waals surface area contributed by atoms with E-state index in [0.717, 1.165) is 31.4 Å². The molecule has 4 heteroatoms. The maximum absolute atomic E-state index is 12.1. The Hall–Kier alpha value is -1.86. The highest BCUT2D eigenvalue weighted by molar-refractivity contribution is 5.92. The molecule has 0 radical (unpaired) electrons. The van der Waals surface area contributed by atoms with E-state index >= 15 is 0 Å². The van der Waals surface area contributed by atoms with E-state index in [1.165, 1.54) is 0 Å². The van der Waals surface area contributed by atoms with Gasteiger partial charge in [-0.15, -0.1) is 0 Å². The van der Waals surface area contributed by atoms with Crippen molar-refractivity contribution in [3.63, 3.8) is 0 Å². The standard InChI is InChI=1S/C15H19N3O/c1-17-15(11-16)9-7-12(8-10-15)14(19)18-13-5-3-2-4-6-13/h2-6,12,17H,7-10H2,1H3,(H,18,19). The molecule has 0 spiro atoms. The van der Waals surface area contributed by atoms with Crippen LogP contribution >= 0.6 is 0 Å². The van der Waals surface area contributed by atoms with Crippen molar-refractivity contribution in [2.45, 2.75) is 31.2 Å². The van der Waals surface area contributed by atoms with Crippen molar-refractivity contribution in [2.75, 3.05) is 12.4 Å². The number of para-hydroxylation sites is 1. The van der Waals surface area contributed by atoms with E-state index < -0.39 is 5.54 Å². The van der Waals surface area contributed by atoms with Crippen LogP contribution in [0.3, 0.4) is 0 Å². The van der Waals surface area contributed by atoms with Gasteiger partial charge in [0.2, 0.25) is 5.91 Å². The third kappa shape index (κ3) is 3.12. The summed E-state index contributed by atoms with van der Waals surface area (Å²) in [4.78, 5) is 12.1. The molecule has 0 heterocycles. The molecule has 4 nitrogen and oxygen atoms in total. The summed E-state index contributed by atoms with van der Waals surface area (Å²) in [7, 11) is 1.81. The van der Waals surface area contributed by atoms with Gasteiger partial charge in [0.1, 0.15) is 5.54 Å². The second-order valence-corrected chi connectivity index (χ2v) is 5.07. The van der Waals surface area contributed by atoms with Crippen molar-refractivity contribution in [1.29, 1.82) is 5.26 Å². The minimum atomic E-state index is -0.441. The quantitative estimate of drug-likeness (QED) is 0.873. The molecular weight excluding hydrogens is 238 g/mol. The van der Waals surface area contributed by atoms with Gasteiger partial charge in [0.25, 0.3) is 0 Å². The Morgan fingerprint density at radius 2 is 1.95 bits per heavy atom. The number of hydrogen-bond donors (Lipinski definition) is 2. The second kappa shape index (κ2) is 5.85. The number of rotatable bonds is 3. The molecule has 1 aromatic rings. The molecule has 1 aliphatic rings. The molecule has 2 N–H and O–H groups in total. The number of carbonyl (C=O) groups excluding carboxylic acids is 1. The Morgan fingerprint density at radius 3 is 2.47 bits per heavy atom. The number of hydrogen-bond acceptors (Lipinski definition) is 3. The second-order valence-electron chi connectivity index (χ2n) is 5.07. The van der Waals surface area contributed by atoms with Crippen molar-refractivity contribution in [3.8, 4) is 6.07 Å². The van der Waals surface area contributed by atoms with Gasteiger partial charge < -0.3 is 10.6 Å². The van der Waals surface area contributed by atoms with Crippen LogP contribution in [0.2, 0.25) is 0 Å². The number of amides is 1. The van der Waals surface area contributed by atoms with Crippen LogP contribution in [0.1, 0.15) is 25.7 Å². The van der Waals surface area contributed by atoms with Crippen molar-refractivity contribution < 1.29 is 4.79 Å². The third-order valence-electron chi connectivity index (χ3n) is 3.94. The first-order valence-electron chi connectivity index (χ1n) is 6.65. The highest BCUT2D eigenvalue weighted by Crippen LogP contribution is 2.32. The van der Waals surface area contributed by atoms with Crippen molar-refractivity contribution >= 4 is 11.6 Å². The first-order valence-corrected chi connectivity index (χ1v) is 6.65. The zero-order valence-electron chi connectivity index (χ0n) is 11.1. The Morgan fingerprint density at radius 1 is 1.32 bits per heavy atom. The van der Waals surface area contributed by atoms with Gasteiger partial charge in [0.15, 0.2) is 0 Å². The molecule has 0 unspecified atom stereocenters. The minimum Gasteiger partial charge on any atom is -0.326 e. The third-order valence-corrected chi connectivity index (χ3v) is 3.94. The molecule has 1 amide bonds. The molecule has 0 aliphatic heterocycles. The summed E-state index contributed by atoms with van der Waals surface area (Å²) >= 11 is 0. The molecule has 1 saturated carbocycles. The summed E-state index contributed by atoms with van der Waals surface area (Å²) in [6.45, 7) is 0. The summed E-state index contributed by atoms with van der Waals surface area (Å²) in [5, 5.41) is 15.2.